The summed E-state index contributed by atoms with van der Waals surface area (Å²) < 4.78 is 5.24. The second kappa shape index (κ2) is 9.01. The summed E-state index contributed by atoms with van der Waals surface area (Å²) in [5, 5.41) is 2.93. The largest absolute Gasteiger partial charge is 0.495 e. The fourth-order valence-electron chi connectivity index (χ4n) is 3.19. The number of carbonyl (C=O) groups excluding carboxylic acids is 1. The number of carbonyl (C=O) groups is 1. The third-order valence-corrected chi connectivity index (χ3v) is 3.98. The first-order chi connectivity index (χ1) is 10.1. The van der Waals surface area contributed by atoms with Crippen molar-refractivity contribution in [3.05, 3.63) is 24.3 Å². The highest BCUT2D eigenvalue weighted by Crippen LogP contribution is 2.24. The number of amides is 1. The molecule has 124 valence electrons. The van der Waals surface area contributed by atoms with E-state index in [0.29, 0.717) is 12.2 Å². The molecule has 1 aliphatic rings. The maximum Gasteiger partial charge on any atom is 0.225 e. The number of para-hydroxylation sites is 2. The Labute approximate surface area is 139 Å². The van der Waals surface area contributed by atoms with Gasteiger partial charge in [0.05, 0.1) is 12.8 Å². The monoisotopic (exact) mass is 326 g/mol. The van der Waals surface area contributed by atoms with Gasteiger partial charge in [-0.05, 0) is 30.4 Å². The molecule has 1 aliphatic heterocycles. The van der Waals surface area contributed by atoms with Crippen LogP contribution in [0.15, 0.2) is 24.3 Å². The number of likely N-dealkylation sites (tertiary alicyclic amines) is 1. The highest BCUT2D eigenvalue weighted by molar-refractivity contribution is 5.92. The zero-order chi connectivity index (χ0) is 15.2. The molecule has 1 aromatic rings. The minimum atomic E-state index is 0. The van der Waals surface area contributed by atoms with Gasteiger partial charge in [-0.1, -0.05) is 26.0 Å². The smallest absolute Gasteiger partial charge is 0.225 e. The van der Waals surface area contributed by atoms with Crippen molar-refractivity contribution in [3.63, 3.8) is 0 Å². The van der Waals surface area contributed by atoms with Crippen molar-refractivity contribution in [2.75, 3.05) is 32.1 Å². The topological polar surface area (TPSA) is 41.6 Å². The van der Waals surface area contributed by atoms with Gasteiger partial charge < -0.3 is 15.0 Å². The van der Waals surface area contributed by atoms with E-state index in [1.165, 1.54) is 6.42 Å². The number of hydrogen-bond acceptors (Lipinski definition) is 3. The Morgan fingerprint density at radius 3 is 2.55 bits per heavy atom. The summed E-state index contributed by atoms with van der Waals surface area (Å²) in [6.45, 7) is 7.61. The lowest BCUT2D eigenvalue weighted by atomic mass is 9.92. The quantitative estimate of drug-likeness (QED) is 0.901. The molecule has 1 saturated heterocycles. The van der Waals surface area contributed by atoms with Crippen molar-refractivity contribution in [2.45, 2.75) is 26.7 Å². The van der Waals surface area contributed by atoms with Gasteiger partial charge in [0.25, 0.3) is 0 Å². The second-order valence-corrected chi connectivity index (χ2v) is 6.20. The molecule has 5 heteroatoms. The molecule has 1 fully saturated rings. The van der Waals surface area contributed by atoms with E-state index in [4.69, 9.17) is 4.74 Å². The SMILES string of the molecule is COc1ccccc1NC(=O)CCN1CC(C)CC(C)C1.Cl. The number of anilines is 1. The number of methoxy groups -OCH3 is 1. The highest BCUT2D eigenvalue weighted by atomic mass is 35.5. The third-order valence-electron chi connectivity index (χ3n) is 3.98. The lowest BCUT2D eigenvalue weighted by Crippen LogP contribution is -2.40. The van der Waals surface area contributed by atoms with Crippen molar-refractivity contribution < 1.29 is 9.53 Å². The summed E-state index contributed by atoms with van der Waals surface area (Å²) in [6, 6.07) is 7.50. The molecule has 0 aliphatic carbocycles. The van der Waals surface area contributed by atoms with Crippen LogP contribution in [0.25, 0.3) is 0 Å². The van der Waals surface area contributed by atoms with Crippen molar-refractivity contribution in [1.29, 1.82) is 0 Å². The van der Waals surface area contributed by atoms with Gasteiger partial charge >= 0.3 is 0 Å². The van der Waals surface area contributed by atoms with Gasteiger partial charge in [-0.2, -0.15) is 0 Å². The minimum Gasteiger partial charge on any atom is -0.495 e. The van der Waals surface area contributed by atoms with Crippen molar-refractivity contribution >= 4 is 24.0 Å². The van der Waals surface area contributed by atoms with E-state index in [1.54, 1.807) is 7.11 Å². The van der Waals surface area contributed by atoms with Gasteiger partial charge in [0.2, 0.25) is 5.91 Å². The van der Waals surface area contributed by atoms with Crippen LogP contribution in [0.4, 0.5) is 5.69 Å². The summed E-state index contributed by atoms with van der Waals surface area (Å²) in [4.78, 5) is 14.5. The average Bonchev–Trinajstić information content (AvgIpc) is 2.45. The number of nitrogens with zero attached hydrogens (tertiary/aromatic N) is 1. The van der Waals surface area contributed by atoms with E-state index in [9.17, 15) is 4.79 Å². The van der Waals surface area contributed by atoms with E-state index in [0.717, 1.165) is 37.2 Å². The Balaban J connectivity index is 0.00000242. The molecule has 2 unspecified atom stereocenters. The molecule has 1 N–H and O–H groups in total. The number of rotatable bonds is 5. The summed E-state index contributed by atoms with van der Waals surface area (Å²) in [6.07, 6.45) is 1.82. The number of piperidine rings is 1. The van der Waals surface area contributed by atoms with E-state index in [-0.39, 0.29) is 18.3 Å². The molecule has 0 spiro atoms. The van der Waals surface area contributed by atoms with Crippen LogP contribution in [0.2, 0.25) is 0 Å². The fraction of sp³-hybridized carbons (Fsp3) is 0.588. The summed E-state index contributed by atoms with van der Waals surface area (Å²) >= 11 is 0. The van der Waals surface area contributed by atoms with Crippen molar-refractivity contribution in [2.24, 2.45) is 11.8 Å². The molecular weight excluding hydrogens is 300 g/mol. The molecule has 0 radical (unpaired) electrons. The van der Waals surface area contributed by atoms with Gasteiger partial charge in [0, 0.05) is 26.1 Å². The average molecular weight is 327 g/mol. The molecule has 1 heterocycles. The lowest BCUT2D eigenvalue weighted by molar-refractivity contribution is -0.116. The van der Waals surface area contributed by atoms with Crippen LogP contribution in [0.1, 0.15) is 26.7 Å². The second-order valence-electron chi connectivity index (χ2n) is 6.20. The Kier molecular flexibility index (Phi) is 7.69. The molecule has 22 heavy (non-hydrogen) atoms. The van der Waals surface area contributed by atoms with Crippen molar-refractivity contribution in [3.8, 4) is 5.75 Å². The number of halogens is 1. The Morgan fingerprint density at radius 1 is 1.27 bits per heavy atom. The van der Waals surface area contributed by atoms with Crippen LogP contribution in [-0.2, 0) is 4.79 Å². The fourth-order valence-corrected chi connectivity index (χ4v) is 3.19. The molecule has 2 atom stereocenters. The van der Waals surface area contributed by atoms with E-state index in [1.807, 2.05) is 24.3 Å². The first-order valence-corrected chi connectivity index (χ1v) is 7.73. The molecule has 1 aromatic carbocycles. The van der Waals surface area contributed by atoms with Crippen LogP contribution in [0.3, 0.4) is 0 Å². The van der Waals surface area contributed by atoms with E-state index < -0.39 is 0 Å². The maximum absolute atomic E-state index is 12.1. The van der Waals surface area contributed by atoms with E-state index in [2.05, 4.69) is 24.1 Å². The first-order valence-electron chi connectivity index (χ1n) is 7.73. The van der Waals surface area contributed by atoms with Gasteiger partial charge in [-0.15, -0.1) is 12.4 Å². The highest BCUT2D eigenvalue weighted by Gasteiger charge is 2.21. The standard InChI is InChI=1S/C17H26N2O2.ClH/c1-13-10-14(2)12-19(11-13)9-8-17(20)18-15-6-4-5-7-16(15)21-3;/h4-7,13-14H,8-12H2,1-3H3,(H,18,20);1H. The van der Waals surface area contributed by atoms with Gasteiger partial charge in [-0.25, -0.2) is 0 Å². The van der Waals surface area contributed by atoms with Crippen LogP contribution >= 0.6 is 12.4 Å². The Hall–Kier alpha value is -1.26. The molecular formula is C17H27ClN2O2. The van der Waals surface area contributed by atoms with E-state index >= 15 is 0 Å². The molecule has 0 saturated carbocycles. The summed E-state index contributed by atoms with van der Waals surface area (Å²) in [5.74, 6) is 2.20. The Morgan fingerprint density at radius 2 is 1.91 bits per heavy atom. The van der Waals surface area contributed by atoms with Crippen molar-refractivity contribution in [1.82, 2.24) is 4.90 Å². The number of benzene rings is 1. The predicted molar refractivity (Wildman–Crippen MR) is 92.9 cm³/mol. The molecule has 0 aromatic heterocycles. The molecule has 4 nitrogen and oxygen atoms in total. The van der Waals surface area contributed by atoms with Crippen LogP contribution in [0.5, 0.6) is 5.75 Å². The van der Waals surface area contributed by atoms with Crippen LogP contribution in [-0.4, -0.2) is 37.6 Å². The van der Waals surface area contributed by atoms with Crippen LogP contribution < -0.4 is 10.1 Å². The first kappa shape index (κ1) is 18.8. The normalized spacial score (nSPS) is 21.8. The summed E-state index contributed by atoms with van der Waals surface area (Å²) in [5.41, 5.74) is 0.741. The third kappa shape index (κ3) is 5.50. The molecule has 1 amide bonds. The summed E-state index contributed by atoms with van der Waals surface area (Å²) in [7, 11) is 1.61. The van der Waals surface area contributed by atoms with Gasteiger partial charge in [0.1, 0.15) is 5.75 Å². The Bertz CT molecular complexity index is 471. The zero-order valence-electron chi connectivity index (χ0n) is 13.7. The molecule has 2 rings (SSSR count). The van der Waals surface area contributed by atoms with Crippen LogP contribution in [0, 0.1) is 11.8 Å². The predicted octanol–water partition coefficient (Wildman–Crippen LogP) is 3.42. The number of hydrogen-bond donors (Lipinski definition) is 1. The molecule has 0 bridgehead atoms. The lowest BCUT2D eigenvalue weighted by Gasteiger charge is -2.34. The van der Waals surface area contributed by atoms with Gasteiger partial charge in [0.15, 0.2) is 0 Å². The maximum atomic E-state index is 12.1. The zero-order valence-corrected chi connectivity index (χ0v) is 14.5. The van der Waals surface area contributed by atoms with Gasteiger partial charge in [-0.3, -0.25) is 4.79 Å². The minimum absolute atomic E-state index is 0. The number of nitrogens with one attached hydrogen (secondary N) is 1. The number of ether oxygens (including phenoxy) is 1.